The van der Waals surface area contributed by atoms with Crippen molar-refractivity contribution in [1.82, 2.24) is 20.3 Å². The van der Waals surface area contributed by atoms with Crippen LogP contribution in [0.3, 0.4) is 0 Å². The van der Waals surface area contributed by atoms with E-state index in [1.54, 1.807) is 12.3 Å². The van der Waals surface area contributed by atoms with Gasteiger partial charge in [0.05, 0.1) is 33.7 Å². The minimum absolute atomic E-state index is 0.0137. The fourth-order valence-electron chi connectivity index (χ4n) is 5.03. The zero-order valence-electron chi connectivity index (χ0n) is 19.8. The van der Waals surface area contributed by atoms with Gasteiger partial charge in [-0.3, -0.25) is 9.78 Å². The van der Waals surface area contributed by atoms with Crippen LogP contribution in [0.2, 0.25) is 0 Å². The first-order chi connectivity index (χ1) is 17.9. The maximum Gasteiger partial charge on any atom is 0.268 e. The van der Waals surface area contributed by atoms with Gasteiger partial charge >= 0.3 is 0 Å². The molecule has 0 radical (unpaired) electrons. The highest BCUT2D eigenvalue weighted by Gasteiger charge is 2.33. The number of allylic oxidation sites excluding steroid dienone is 1. The molecule has 0 saturated heterocycles. The Labute approximate surface area is 210 Å². The number of aromatic nitrogens is 3. The van der Waals surface area contributed by atoms with Crippen molar-refractivity contribution in [3.8, 4) is 11.3 Å². The van der Waals surface area contributed by atoms with E-state index in [0.717, 1.165) is 6.07 Å². The molecule has 37 heavy (non-hydrogen) atoms. The average molecular weight is 505 g/mol. The van der Waals surface area contributed by atoms with Gasteiger partial charge in [0.25, 0.3) is 12.3 Å². The SMILES string of the molecule is C[C@@H]1/C=C\C[C@H]2CNC(=O)c3c2[nH]c(c3Nc2cccc(F)c2C(F)F)-c2ccnc3ccc(nc23)N1. The molecule has 1 amide bonds. The number of aromatic amines is 1. The Morgan fingerprint density at radius 3 is 2.86 bits per heavy atom. The van der Waals surface area contributed by atoms with E-state index < -0.39 is 17.8 Å². The lowest BCUT2D eigenvalue weighted by atomic mass is 9.93. The van der Waals surface area contributed by atoms with Crippen molar-refractivity contribution in [1.29, 1.82) is 0 Å². The third-order valence-electron chi connectivity index (χ3n) is 6.78. The Morgan fingerprint density at radius 1 is 1.16 bits per heavy atom. The second-order valence-electron chi connectivity index (χ2n) is 9.22. The minimum Gasteiger partial charge on any atom is -0.364 e. The summed E-state index contributed by atoms with van der Waals surface area (Å²) in [5.41, 5.74) is 2.72. The van der Waals surface area contributed by atoms with Gasteiger partial charge in [0.15, 0.2) is 0 Å². The van der Waals surface area contributed by atoms with E-state index in [4.69, 9.17) is 4.98 Å². The quantitative estimate of drug-likeness (QED) is 0.256. The van der Waals surface area contributed by atoms with Crippen molar-refractivity contribution in [2.24, 2.45) is 0 Å². The van der Waals surface area contributed by atoms with Crippen LogP contribution in [0.25, 0.3) is 22.3 Å². The van der Waals surface area contributed by atoms with Crippen LogP contribution in [0.4, 0.5) is 30.4 Å². The fourth-order valence-corrected chi connectivity index (χ4v) is 5.03. The average Bonchev–Trinajstić information content (AvgIpc) is 3.24. The van der Waals surface area contributed by atoms with Crippen molar-refractivity contribution < 1.29 is 18.0 Å². The van der Waals surface area contributed by atoms with Crippen LogP contribution in [0, 0.1) is 5.82 Å². The van der Waals surface area contributed by atoms with Crippen molar-refractivity contribution in [3.05, 3.63) is 77.4 Å². The molecular weight excluding hydrogens is 481 g/mol. The number of halogens is 3. The second-order valence-corrected chi connectivity index (χ2v) is 9.22. The smallest absolute Gasteiger partial charge is 0.268 e. The molecule has 188 valence electrons. The molecule has 4 N–H and O–H groups in total. The summed E-state index contributed by atoms with van der Waals surface area (Å²) in [7, 11) is 0. The Hall–Kier alpha value is -4.34. The number of hydrogen-bond donors (Lipinski definition) is 4. The van der Waals surface area contributed by atoms with Gasteiger partial charge in [0, 0.05) is 36.0 Å². The highest BCUT2D eigenvalue weighted by atomic mass is 19.3. The van der Waals surface area contributed by atoms with Crippen molar-refractivity contribution in [2.75, 3.05) is 17.2 Å². The number of nitrogens with one attached hydrogen (secondary N) is 4. The standard InChI is InChI=1S/C27H23F3N6O/c1-13-4-2-5-14-12-32-27(37)21-22(14)36-24(15-10-11-31-18-8-9-19(33-13)35-23(15)18)25(21)34-17-7-3-6-16(28)20(17)26(29)30/h2-4,6-11,13-14,26,34,36H,5,12H2,1H3,(H,32,37)(H,33,35)/b4-2-/t13-,14+/m1/s1. The van der Waals surface area contributed by atoms with E-state index in [-0.39, 0.29) is 29.2 Å². The molecule has 4 bridgehead atoms. The number of pyridine rings is 2. The first-order valence-corrected chi connectivity index (χ1v) is 12.0. The van der Waals surface area contributed by atoms with E-state index in [0.29, 0.717) is 52.3 Å². The zero-order valence-corrected chi connectivity index (χ0v) is 19.8. The van der Waals surface area contributed by atoms with Gasteiger partial charge < -0.3 is 20.9 Å². The molecule has 0 unspecified atom stereocenters. The summed E-state index contributed by atoms with van der Waals surface area (Å²) in [6, 6.07) is 9.18. The summed E-state index contributed by atoms with van der Waals surface area (Å²) in [5, 5.41) is 9.26. The van der Waals surface area contributed by atoms with Crippen LogP contribution in [-0.4, -0.2) is 33.4 Å². The van der Waals surface area contributed by atoms with E-state index >= 15 is 0 Å². The number of anilines is 3. The largest absolute Gasteiger partial charge is 0.364 e. The van der Waals surface area contributed by atoms with E-state index in [2.05, 4.69) is 25.9 Å². The Morgan fingerprint density at radius 2 is 2.03 bits per heavy atom. The molecule has 0 fully saturated rings. The predicted octanol–water partition coefficient (Wildman–Crippen LogP) is 6.03. The highest BCUT2D eigenvalue weighted by molar-refractivity contribution is 6.08. The number of H-pyrrole nitrogens is 1. The molecular formula is C27H23F3N6O. The monoisotopic (exact) mass is 504 g/mol. The van der Waals surface area contributed by atoms with Gasteiger partial charge in [-0.2, -0.15) is 0 Å². The van der Waals surface area contributed by atoms with Gasteiger partial charge in [-0.1, -0.05) is 18.2 Å². The number of amides is 1. The molecule has 3 aromatic heterocycles. The summed E-state index contributed by atoms with van der Waals surface area (Å²) in [4.78, 5) is 25.8. The highest BCUT2D eigenvalue weighted by Crippen LogP contribution is 2.43. The van der Waals surface area contributed by atoms with Crippen molar-refractivity contribution in [3.63, 3.8) is 0 Å². The van der Waals surface area contributed by atoms with Crippen LogP contribution in [0.5, 0.6) is 0 Å². The zero-order chi connectivity index (χ0) is 25.7. The first-order valence-electron chi connectivity index (χ1n) is 12.0. The summed E-state index contributed by atoms with van der Waals surface area (Å²) >= 11 is 0. The van der Waals surface area contributed by atoms with Crippen LogP contribution in [-0.2, 0) is 0 Å². The lowest BCUT2D eigenvalue weighted by molar-refractivity contribution is 0.0941. The molecule has 1 aromatic carbocycles. The second kappa shape index (κ2) is 8.95. The summed E-state index contributed by atoms with van der Waals surface area (Å²) < 4.78 is 42.1. The number of fused-ring (bicyclic) bond motifs is 3. The number of carbonyl (C=O) groups is 1. The minimum atomic E-state index is -3.05. The van der Waals surface area contributed by atoms with Crippen LogP contribution in [0.15, 0.2) is 54.7 Å². The molecule has 0 spiro atoms. The lowest BCUT2D eigenvalue weighted by Crippen LogP contribution is -2.35. The number of alkyl halides is 2. The maximum absolute atomic E-state index is 14.4. The molecule has 2 aliphatic rings. The van der Waals surface area contributed by atoms with Crippen LogP contribution >= 0.6 is 0 Å². The summed E-state index contributed by atoms with van der Waals surface area (Å²) in [6.45, 7) is 2.44. The van der Waals surface area contributed by atoms with Crippen molar-refractivity contribution >= 4 is 34.1 Å². The molecule has 4 aromatic rings. The molecule has 7 nitrogen and oxygen atoms in total. The Bertz CT molecular complexity index is 1560. The van der Waals surface area contributed by atoms with Gasteiger partial charge in [-0.05, 0) is 43.7 Å². The third-order valence-corrected chi connectivity index (χ3v) is 6.78. The Kier molecular flexibility index (Phi) is 5.58. The molecule has 0 aliphatic carbocycles. The van der Waals surface area contributed by atoms with Gasteiger partial charge in [0.1, 0.15) is 17.2 Å². The lowest BCUT2D eigenvalue weighted by Gasteiger charge is -2.23. The van der Waals surface area contributed by atoms with Gasteiger partial charge in [0.2, 0.25) is 0 Å². The maximum atomic E-state index is 14.4. The molecule has 0 saturated carbocycles. The predicted molar refractivity (Wildman–Crippen MR) is 136 cm³/mol. The van der Waals surface area contributed by atoms with Gasteiger partial charge in [-0.15, -0.1) is 0 Å². The van der Waals surface area contributed by atoms with E-state index in [1.807, 2.05) is 31.2 Å². The number of benzene rings is 1. The van der Waals surface area contributed by atoms with Crippen LogP contribution in [0.1, 0.15) is 47.3 Å². The molecule has 2 atom stereocenters. The molecule has 10 heteroatoms. The number of rotatable bonds is 3. The Balaban J connectivity index is 1.64. The summed E-state index contributed by atoms with van der Waals surface area (Å²) in [5.74, 6) is -0.807. The molecule has 6 rings (SSSR count). The number of nitrogens with zero attached hydrogens (tertiary/aromatic N) is 2. The van der Waals surface area contributed by atoms with Crippen LogP contribution < -0.4 is 16.0 Å². The van der Waals surface area contributed by atoms with E-state index in [1.165, 1.54) is 12.1 Å². The van der Waals surface area contributed by atoms with Crippen molar-refractivity contribution in [2.45, 2.75) is 31.7 Å². The van der Waals surface area contributed by atoms with E-state index in [9.17, 15) is 18.0 Å². The normalized spacial score (nSPS) is 19.5. The third kappa shape index (κ3) is 3.98. The molecule has 5 heterocycles. The summed E-state index contributed by atoms with van der Waals surface area (Å²) in [6.07, 6.45) is 3.30. The first kappa shape index (κ1) is 23.1. The number of carbonyl (C=O) groups excluding carboxylic acids is 1. The molecule has 2 aliphatic heterocycles. The fraction of sp³-hybridized carbons (Fsp3) is 0.222. The topological polar surface area (TPSA) is 94.7 Å². The van der Waals surface area contributed by atoms with Gasteiger partial charge in [-0.25, -0.2) is 18.2 Å². The number of hydrogen-bond acceptors (Lipinski definition) is 5.